The highest BCUT2D eigenvalue weighted by Crippen LogP contribution is 2.31. The van der Waals surface area contributed by atoms with Gasteiger partial charge < -0.3 is 15.0 Å². The number of carbonyl (C=O) groups is 2. The van der Waals surface area contributed by atoms with E-state index in [9.17, 15) is 18.0 Å². The number of amides is 2. The van der Waals surface area contributed by atoms with Crippen LogP contribution >= 0.6 is 0 Å². The standard InChI is InChI=1S/C13H21N3O7S/c17-12(22-10-2-1-6-14-7-5-10)11-4-3-9-8-15(11)13(18)16(9)23-24(19,20)21/h9-11,14H,1-8H2,(H,19,20,21)/t9?,10-,11-/m0/s1. The van der Waals surface area contributed by atoms with Gasteiger partial charge in [-0.05, 0) is 45.2 Å². The quantitative estimate of drug-likeness (QED) is 0.514. The number of urea groups is 1. The molecule has 3 atom stereocenters. The second-order valence-corrected chi connectivity index (χ2v) is 7.25. The molecule has 0 saturated carbocycles. The van der Waals surface area contributed by atoms with Gasteiger partial charge in [-0.25, -0.2) is 9.59 Å². The number of fused-ring (bicyclic) bond motifs is 2. The van der Waals surface area contributed by atoms with Crippen LogP contribution in [0.15, 0.2) is 0 Å². The summed E-state index contributed by atoms with van der Waals surface area (Å²) >= 11 is 0. The van der Waals surface area contributed by atoms with E-state index >= 15 is 0 Å². The number of carbonyl (C=O) groups excluding carboxylic acids is 2. The SMILES string of the molecule is O=C(O[C@H]1CCCNCC1)[C@@H]1CCC2CN1C(=O)N2OS(=O)(=O)O. The summed E-state index contributed by atoms with van der Waals surface area (Å²) in [4.78, 5) is 25.9. The minimum Gasteiger partial charge on any atom is -0.461 e. The van der Waals surface area contributed by atoms with Crippen LogP contribution in [0.3, 0.4) is 0 Å². The molecule has 3 heterocycles. The minimum absolute atomic E-state index is 0.167. The highest BCUT2D eigenvalue weighted by molar-refractivity contribution is 7.80. The molecule has 3 saturated heterocycles. The Bertz CT molecular complexity index is 603. The van der Waals surface area contributed by atoms with Gasteiger partial charge >= 0.3 is 22.4 Å². The first-order valence-electron chi connectivity index (χ1n) is 8.03. The third kappa shape index (κ3) is 3.79. The van der Waals surface area contributed by atoms with Crippen LogP contribution < -0.4 is 5.32 Å². The van der Waals surface area contributed by atoms with Crippen LogP contribution in [0.4, 0.5) is 4.79 Å². The molecule has 0 radical (unpaired) electrons. The first-order chi connectivity index (χ1) is 11.3. The summed E-state index contributed by atoms with van der Waals surface area (Å²) in [6.45, 7) is 1.84. The van der Waals surface area contributed by atoms with Gasteiger partial charge in [0.05, 0.1) is 6.04 Å². The van der Waals surface area contributed by atoms with E-state index in [1.165, 1.54) is 4.90 Å². The van der Waals surface area contributed by atoms with Gasteiger partial charge in [-0.3, -0.25) is 4.55 Å². The van der Waals surface area contributed by atoms with Crippen molar-refractivity contribution in [2.24, 2.45) is 0 Å². The first-order valence-corrected chi connectivity index (χ1v) is 9.40. The Morgan fingerprint density at radius 2 is 2.00 bits per heavy atom. The maximum atomic E-state index is 12.4. The average Bonchev–Trinajstić information content (AvgIpc) is 2.72. The fourth-order valence-electron chi connectivity index (χ4n) is 3.42. The molecule has 2 N–H and O–H groups in total. The van der Waals surface area contributed by atoms with Crippen molar-refractivity contribution < 1.29 is 31.6 Å². The van der Waals surface area contributed by atoms with Gasteiger partial charge in [0.1, 0.15) is 12.1 Å². The topological polar surface area (TPSA) is 125 Å². The average molecular weight is 363 g/mol. The Morgan fingerprint density at radius 1 is 1.21 bits per heavy atom. The van der Waals surface area contributed by atoms with E-state index < -0.39 is 34.5 Å². The third-order valence-electron chi connectivity index (χ3n) is 4.58. The fourth-order valence-corrected chi connectivity index (χ4v) is 3.81. The number of hydroxylamine groups is 2. The zero-order valence-corrected chi connectivity index (χ0v) is 13.9. The molecule has 11 heteroatoms. The van der Waals surface area contributed by atoms with E-state index in [0.717, 1.165) is 32.4 Å². The summed E-state index contributed by atoms with van der Waals surface area (Å²) < 4.78 is 40.4. The second kappa shape index (κ2) is 6.82. The van der Waals surface area contributed by atoms with Crippen LogP contribution in [-0.2, 0) is 24.2 Å². The van der Waals surface area contributed by atoms with Gasteiger partial charge in [-0.2, -0.15) is 13.5 Å². The zero-order chi connectivity index (χ0) is 17.3. The predicted molar refractivity (Wildman–Crippen MR) is 80.0 cm³/mol. The Hall–Kier alpha value is -1.43. The third-order valence-corrected chi connectivity index (χ3v) is 4.92. The van der Waals surface area contributed by atoms with E-state index in [1.54, 1.807) is 0 Å². The smallest absolute Gasteiger partial charge is 0.418 e. The fraction of sp³-hybridized carbons (Fsp3) is 0.846. The molecule has 2 amide bonds. The normalized spacial score (nSPS) is 31.0. The van der Waals surface area contributed by atoms with Crippen molar-refractivity contribution in [2.75, 3.05) is 19.6 Å². The van der Waals surface area contributed by atoms with Crippen molar-refractivity contribution in [3.63, 3.8) is 0 Å². The van der Waals surface area contributed by atoms with E-state index in [-0.39, 0.29) is 12.6 Å². The molecular formula is C13H21N3O7S. The summed E-state index contributed by atoms with van der Waals surface area (Å²) in [6, 6.07) is -2.01. The summed E-state index contributed by atoms with van der Waals surface area (Å²) in [5, 5.41) is 3.85. The molecule has 2 bridgehead atoms. The molecule has 10 nitrogen and oxygen atoms in total. The lowest BCUT2D eigenvalue weighted by Gasteiger charge is -2.29. The largest absolute Gasteiger partial charge is 0.461 e. The number of esters is 1. The van der Waals surface area contributed by atoms with Crippen LogP contribution in [0.25, 0.3) is 0 Å². The van der Waals surface area contributed by atoms with E-state index in [4.69, 9.17) is 9.29 Å². The monoisotopic (exact) mass is 363 g/mol. The Morgan fingerprint density at radius 3 is 2.75 bits per heavy atom. The molecular weight excluding hydrogens is 342 g/mol. The van der Waals surface area contributed by atoms with Gasteiger partial charge in [-0.15, -0.1) is 4.28 Å². The molecule has 0 aromatic carbocycles. The van der Waals surface area contributed by atoms with Crippen LogP contribution in [0.1, 0.15) is 32.1 Å². The molecule has 0 aromatic rings. The number of hydrogen-bond donors (Lipinski definition) is 2. The van der Waals surface area contributed by atoms with Gasteiger partial charge in [0, 0.05) is 6.54 Å². The van der Waals surface area contributed by atoms with Crippen LogP contribution in [0, 0.1) is 0 Å². The summed E-state index contributed by atoms with van der Waals surface area (Å²) in [7, 11) is -4.79. The number of piperidine rings is 1. The molecule has 3 aliphatic rings. The number of ether oxygens (including phenoxy) is 1. The van der Waals surface area contributed by atoms with Gasteiger partial charge in [0.2, 0.25) is 0 Å². The number of nitrogens with one attached hydrogen (secondary N) is 1. The van der Waals surface area contributed by atoms with Crippen molar-refractivity contribution in [1.29, 1.82) is 0 Å². The molecule has 3 aliphatic heterocycles. The van der Waals surface area contributed by atoms with Crippen molar-refractivity contribution in [3.8, 4) is 0 Å². The maximum absolute atomic E-state index is 12.4. The lowest BCUT2D eigenvalue weighted by atomic mass is 10.0. The van der Waals surface area contributed by atoms with Gasteiger partial charge in [-0.1, -0.05) is 0 Å². The Balaban J connectivity index is 1.63. The number of nitrogens with zero attached hydrogens (tertiary/aromatic N) is 2. The zero-order valence-electron chi connectivity index (χ0n) is 13.1. The molecule has 24 heavy (non-hydrogen) atoms. The van der Waals surface area contributed by atoms with Gasteiger partial charge in [0.15, 0.2) is 0 Å². The molecule has 0 spiro atoms. The predicted octanol–water partition coefficient (Wildman–Crippen LogP) is -0.325. The van der Waals surface area contributed by atoms with Crippen molar-refractivity contribution in [3.05, 3.63) is 0 Å². The first kappa shape index (κ1) is 17.4. The lowest BCUT2D eigenvalue weighted by Crippen LogP contribution is -2.46. The Kier molecular flexibility index (Phi) is 4.95. The summed E-state index contributed by atoms with van der Waals surface area (Å²) in [5.41, 5.74) is 0. The van der Waals surface area contributed by atoms with Crippen LogP contribution in [-0.4, -0.2) is 72.8 Å². The van der Waals surface area contributed by atoms with Crippen molar-refractivity contribution in [1.82, 2.24) is 15.3 Å². The van der Waals surface area contributed by atoms with Crippen LogP contribution in [0.2, 0.25) is 0 Å². The molecule has 1 unspecified atom stereocenters. The Labute approximate surface area is 140 Å². The molecule has 0 aromatic heterocycles. The molecule has 136 valence electrons. The molecule has 0 aliphatic carbocycles. The van der Waals surface area contributed by atoms with E-state index in [1.807, 2.05) is 0 Å². The summed E-state index contributed by atoms with van der Waals surface area (Å²) in [5.74, 6) is -0.470. The maximum Gasteiger partial charge on any atom is 0.418 e. The van der Waals surface area contributed by atoms with Crippen LogP contribution in [0.5, 0.6) is 0 Å². The highest BCUT2D eigenvalue weighted by Gasteiger charge is 2.50. The van der Waals surface area contributed by atoms with E-state index in [2.05, 4.69) is 9.60 Å². The highest BCUT2D eigenvalue weighted by atomic mass is 32.3. The second-order valence-electron chi connectivity index (χ2n) is 6.25. The van der Waals surface area contributed by atoms with Gasteiger partial charge in [0.25, 0.3) is 0 Å². The van der Waals surface area contributed by atoms with Crippen molar-refractivity contribution >= 4 is 22.4 Å². The number of hydrogen-bond acceptors (Lipinski definition) is 7. The van der Waals surface area contributed by atoms with E-state index in [0.29, 0.717) is 17.9 Å². The molecule has 3 rings (SSSR count). The minimum atomic E-state index is -4.79. The summed E-state index contributed by atoms with van der Waals surface area (Å²) in [6.07, 6.45) is 3.01. The van der Waals surface area contributed by atoms with Crippen molar-refractivity contribution in [2.45, 2.75) is 50.3 Å². The number of rotatable bonds is 4. The molecule has 3 fully saturated rings. The lowest BCUT2D eigenvalue weighted by molar-refractivity contribution is -0.155.